The number of nitrogens with one attached hydrogen (secondary N) is 1. The predicted octanol–water partition coefficient (Wildman–Crippen LogP) is 3.05. The van der Waals surface area contributed by atoms with Crippen molar-refractivity contribution in [1.82, 2.24) is 4.90 Å². The fraction of sp³-hybridized carbons (Fsp3) is 0.529. The third-order valence-corrected chi connectivity index (χ3v) is 3.85. The average molecular weight is 306 g/mol. The van der Waals surface area contributed by atoms with E-state index in [1.54, 1.807) is 0 Å². The Morgan fingerprint density at radius 2 is 1.73 bits per heavy atom. The van der Waals surface area contributed by atoms with E-state index in [0.717, 1.165) is 25.9 Å². The van der Waals surface area contributed by atoms with Crippen LogP contribution >= 0.6 is 0 Å². The van der Waals surface area contributed by atoms with Crippen LogP contribution in [0.3, 0.4) is 0 Å². The van der Waals surface area contributed by atoms with Gasteiger partial charge in [-0.3, -0.25) is 9.59 Å². The van der Waals surface area contributed by atoms with E-state index in [1.807, 2.05) is 18.7 Å². The number of rotatable bonds is 7. The van der Waals surface area contributed by atoms with E-state index >= 15 is 0 Å². The van der Waals surface area contributed by atoms with E-state index in [0.29, 0.717) is 12.1 Å². The Morgan fingerprint density at radius 3 is 2.27 bits per heavy atom. The first-order chi connectivity index (χ1) is 10.6. The Morgan fingerprint density at radius 1 is 1.14 bits per heavy atom. The van der Waals surface area contributed by atoms with Crippen LogP contribution in [0, 0.1) is 17.7 Å². The number of anilines is 1. The van der Waals surface area contributed by atoms with E-state index in [4.69, 9.17) is 0 Å². The van der Waals surface area contributed by atoms with E-state index in [-0.39, 0.29) is 29.5 Å². The minimum atomic E-state index is -0.341. The number of nitrogens with zero attached hydrogens (tertiary/aromatic N) is 1. The molecular weight excluding hydrogens is 283 g/mol. The maximum atomic E-state index is 12.8. The number of hydrogen-bond donors (Lipinski definition) is 1. The summed E-state index contributed by atoms with van der Waals surface area (Å²) < 4.78 is 12.8. The van der Waals surface area contributed by atoms with Gasteiger partial charge in [-0.25, -0.2) is 4.39 Å². The van der Waals surface area contributed by atoms with Crippen LogP contribution in [0.2, 0.25) is 0 Å². The van der Waals surface area contributed by atoms with Crippen LogP contribution in [0.5, 0.6) is 0 Å². The van der Waals surface area contributed by atoms with Gasteiger partial charge in [0.2, 0.25) is 11.8 Å². The molecule has 1 saturated carbocycles. The van der Waals surface area contributed by atoms with Crippen molar-refractivity contribution in [3.05, 3.63) is 30.1 Å². The molecule has 1 aromatic carbocycles. The van der Waals surface area contributed by atoms with Gasteiger partial charge in [-0.1, -0.05) is 13.8 Å². The van der Waals surface area contributed by atoms with Crippen LogP contribution in [0.4, 0.5) is 10.1 Å². The van der Waals surface area contributed by atoms with Gasteiger partial charge in [0.25, 0.3) is 0 Å². The van der Waals surface area contributed by atoms with Gasteiger partial charge in [0.1, 0.15) is 5.82 Å². The van der Waals surface area contributed by atoms with Crippen molar-refractivity contribution < 1.29 is 14.0 Å². The Labute approximate surface area is 130 Å². The van der Waals surface area contributed by atoms with Crippen LogP contribution in [-0.4, -0.2) is 29.8 Å². The first-order valence-electron chi connectivity index (χ1n) is 7.92. The van der Waals surface area contributed by atoms with Crippen LogP contribution in [0.25, 0.3) is 0 Å². The molecule has 1 fully saturated rings. The first-order valence-corrected chi connectivity index (χ1v) is 7.92. The zero-order valence-corrected chi connectivity index (χ0v) is 13.1. The highest BCUT2D eigenvalue weighted by Crippen LogP contribution is 2.41. The highest BCUT2D eigenvalue weighted by Gasteiger charge is 2.49. The van der Waals surface area contributed by atoms with Crippen molar-refractivity contribution in [3.8, 4) is 0 Å². The number of amides is 2. The molecule has 2 amide bonds. The molecule has 120 valence electrons. The summed E-state index contributed by atoms with van der Waals surface area (Å²) in [4.78, 5) is 26.4. The third kappa shape index (κ3) is 4.06. The minimum Gasteiger partial charge on any atom is -0.342 e. The first kappa shape index (κ1) is 16.5. The summed E-state index contributed by atoms with van der Waals surface area (Å²) in [5.74, 6) is -0.861. The second kappa shape index (κ2) is 7.38. The van der Waals surface area contributed by atoms with Gasteiger partial charge in [0.05, 0.1) is 11.8 Å². The van der Waals surface area contributed by atoms with E-state index in [1.165, 1.54) is 24.3 Å². The average Bonchev–Trinajstić information content (AvgIpc) is 3.29. The molecular formula is C17H23FN2O2. The fourth-order valence-electron chi connectivity index (χ4n) is 2.63. The molecule has 22 heavy (non-hydrogen) atoms. The van der Waals surface area contributed by atoms with Crippen LogP contribution < -0.4 is 5.32 Å². The molecule has 0 aliphatic heterocycles. The highest BCUT2D eigenvalue weighted by atomic mass is 19.1. The third-order valence-electron chi connectivity index (χ3n) is 3.85. The van der Waals surface area contributed by atoms with Crippen LogP contribution in [0.1, 0.15) is 33.1 Å². The van der Waals surface area contributed by atoms with Gasteiger partial charge in [0, 0.05) is 18.8 Å². The summed E-state index contributed by atoms with van der Waals surface area (Å²) in [6.45, 7) is 5.58. The molecule has 2 rings (SSSR count). The molecule has 5 heteroatoms. The highest BCUT2D eigenvalue weighted by molar-refractivity contribution is 5.99. The Balaban J connectivity index is 1.89. The molecule has 0 radical (unpaired) electrons. The molecule has 0 bridgehead atoms. The van der Waals surface area contributed by atoms with Crippen molar-refractivity contribution in [2.75, 3.05) is 18.4 Å². The summed E-state index contributed by atoms with van der Waals surface area (Å²) in [6, 6.07) is 5.64. The molecule has 1 N–H and O–H groups in total. The van der Waals surface area contributed by atoms with Gasteiger partial charge in [-0.05, 0) is 43.5 Å². The van der Waals surface area contributed by atoms with Crippen molar-refractivity contribution in [2.24, 2.45) is 11.8 Å². The van der Waals surface area contributed by atoms with E-state index in [9.17, 15) is 14.0 Å². The lowest BCUT2D eigenvalue weighted by molar-refractivity contribution is -0.134. The number of carbonyl (C=O) groups is 2. The molecule has 0 heterocycles. The lowest BCUT2D eigenvalue weighted by Gasteiger charge is -2.21. The van der Waals surface area contributed by atoms with Crippen LogP contribution in [0.15, 0.2) is 24.3 Å². The lowest BCUT2D eigenvalue weighted by Crippen LogP contribution is -2.34. The number of carbonyl (C=O) groups excluding carboxylic acids is 2. The Hall–Kier alpha value is -1.91. The molecule has 0 spiro atoms. The van der Waals surface area contributed by atoms with Crippen molar-refractivity contribution >= 4 is 17.5 Å². The monoisotopic (exact) mass is 306 g/mol. The van der Waals surface area contributed by atoms with Gasteiger partial charge in [0.15, 0.2) is 0 Å². The Kier molecular flexibility index (Phi) is 5.52. The largest absolute Gasteiger partial charge is 0.342 e. The van der Waals surface area contributed by atoms with E-state index < -0.39 is 0 Å². The maximum absolute atomic E-state index is 12.8. The summed E-state index contributed by atoms with van der Waals surface area (Å²) in [5.41, 5.74) is 0.559. The summed E-state index contributed by atoms with van der Waals surface area (Å²) >= 11 is 0. The van der Waals surface area contributed by atoms with Gasteiger partial charge in [-0.15, -0.1) is 0 Å². The smallest absolute Gasteiger partial charge is 0.228 e. The minimum absolute atomic E-state index is 0.0861. The molecule has 2 unspecified atom stereocenters. The molecule has 1 aromatic rings. The Bertz CT molecular complexity index is 524. The standard InChI is InChI=1S/C17H23FN2O2/c1-3-9-20(10-4-2)17(22)15-11-14(15)16(21)19-13-7-5-12(18)6-8-13/h5-8,14-15H,3-4,9-11H2,1-2H3,(H,19,21). The molecule has 0 aromatic heterocycles. The quantitative estimate of drug-likeness (QED) is 0.841. The molecule has 2 atom stereocenters. The van der Waals surface area contributed by atoms with Crippen molar-refractivity contribution in [2.45, 2.75) is 33.1 Å². The number of halogens is 1. The number of hydrogen-bond acceptors (Lipinski definition) is 2. The van der Waals surface area contributed by atoms with Crippen LogP contribution in [-0.2, 0) is 9.59 Å². The zero-order valence-electron chi connectivity index (χ0n) is 13.1. The van der Waals surface area contributed by atoms with Crippen molar-refractivity contribution in [3.63, 3.8) is 0 Å². The van der Waals surface area contributed by atoms with Gasteiger partial charge < -0.3 is 10.2 Å². The summed E-state index contributed by atoms with van der Waals surface area (Å²) in [7, 11) is 0. The predicted molar refractivity (Wildman–Crippen MR) is 83.8 cm³/mol. The summed E-state index contributed by atoms with van der Waals surface area (Å²) in [5, 5.41) is 2.74. The fourth-order valence-corrected chi connectivity index (χ4v) is 2.63. The topological polar surface area (TPSA) is 49.4 Å². The SMILES string of the molecule is CCCN(CCC)C(=O)C1CC1C(=O)Nc1ccc(F)cc1. The zero-order chi connectivity index (χ0) is 16.1. The maximum Gasteiger partial charge on any atom is 0.228 e. The lowest BCUT2D eigenvalue weighted by atomic mass is 10.2. The van der Waals surface area contributed by atoms with Gasteiger partial charge >= 0.3 is 0 Å². The second-order valence-corrected chi connectivity index (χ2v) is 5.77. The second-order valence-electron chi connectivity index (χ2n) is 5.77. The number of benzene rings is 1. The molecule has 1 aliphatic carbocycles. The molecule has 1 aliphatic rings. The normalized spacial score (nSPS) is 19.6. The molecule has 0 saturated heterocycles. The van der Waals surface area contributed by atoms with Gasteiger partial charge in [-0.2, -0.15) is 0 Å². The molecule has 4 nitrogen and oxygen atoms in total. The van der Waals surface area contributed by atoms with Crippen molar-refractivity contribution in [1.29, 1.82) is 0 Å². The summed E-state index contributed by atoms with van der Waals surface area (Å²) in [6.07, 6.45) is 2.45. The van der Waals surface area contributed by atoms with E-state index in [2.05, 4.69) is 5.32 Å².